The van der Waals surface area contributed by atoms with Crippen LogP contribution in [0.5, 0.6) is 0 Å². The summed E-state index contributed by atoms with van der Waals surface area (Å²) in [7, 11) is 0. The van der Waals surface area contributed by atoms with Gasteiger partial charge in [-0.15, -0.1) is 0 Å². The van der Waals surface area contributed by atoms with Crippen molar-refractivity contribution < 1.29 is 4.79 Å². The van der Waals surface area contributed by atoms with Crippen molar-refractivity contribution in [3.63, 3.8) is 0 Å². The molecular formula is C12H25NO. The molecular weight excluding hydrogens is 174 g/mol. The zero-order valence-electron chi connectivity index (χ0n) is 10.2. The van der Waals surface area contributed by atoms with Gasteiger partial charge in [0.1, 0.15) is 0 Å². The summed E-state index contributed by atoms with van der Waals surface area (Å²) < 4.78 is 0. The summed E-state index contributed by atoms with van der Waals surface area (Å²) in [6.45, 7) is 9.11. The van der Waals surface area contributed by atoms with Crippen molar-refractivity contribution in [3.05, 3.63) is 0 Å². The van der Waals surface area contributed by atoms with E-state index in [9.17, 15) is 4.79 Å². The maximum absolute atomic E-state index is 11.5. The molecule has 0 N–H and O–H groups in total. The fraction of sp³-hybridized carbons (Fsp3) is 0.917. The van der Waals surface area contributed by atoms with Gasteiger partial charge in [-0.3, -0.25) is 4.79 Å². The van der Waals surface area contributed by atoms with Gasteiger partial charge in [0.25, 0.3) is 0 Å². The number of nitrogens with zero attached hydrogens (tertiary/aromatic N) is 1. The molecule has 2 heteroatoms. The van der Waals surface area contributed by atoms with Crippen molar-refractivity contribution in [2.75, 3.05) is 6.54 Å². The van der Waals surface area contributed by atoms with Gasteiger partial charge in [0.2, 0.25) is 5.91 Å². The molecule has 2 nitrogen and oxygen atoms in total. The molecule has 1 aliphatic rings. The quantitative estimate of drug-likeness (QED) is 0.668. The topological polar surface area (TPSA) is 20.3 Å². The SMILES string of the molecule is CC.CCC(=O)N1CCCCC1CC. The zero-order valence-corrected chi connectivity index (χ0v) is 10.2. The third kappa shape index (κ3) is 3.69. The minimum Gasteiger partial charge on any atom is -0.340 e. The Morgan fingerprint density at radius 3 is 2.43 bits per heavy atom. The Balaban J connectivity index is 0.000000791. The van der Waals surface area contributed by atoms with Crippen LogP contribution >= 0.6 is 0 Å². The average molecular weight is 199 g/mol. The van der Waals surface area contributed by atoms with Crippen molar-refractivity contribution >= 4 is 5.91 Å². The van der Waals surface area contributed by atoms with Gasteiger partial charge in [-0.25, -0.2) is 0 Å². The van der Waals surface area contributed by atoms with Gasteiger partial charge in [-0.2, -0.15) is 0 Å². The number of amides is 1. The smallest absolute Gasteiger partial charge is 0.222 e. The van der Waals surface area contributed by atoms with Gasteiger partial charge in [0.15, 0.2) is 0 Å². The third-order valence-electron chi connectivity index (χ3n) is 2.72. The van der Waals surface area contributed by atoms with E-state index in [2.05, 4.69) is 11.8 Å². The highest BCUT2D eigenvalue weighted by atomic mass is 16.2. The molecule has 1 rings (SSSR count). The number of hydrogen-bond acceptors (Lipinski definition) is 1. The second-order valence-corrected chi connectivity index (χ2v) is 3.50. The van der Waals surface area contributed by atoms with Gasteiger partial charge in [0.05, 0.1) is 0 Å². The third-order valence-corrected chi connectivity index (χ3v) is 2.72. The first-order valence-electron chi connectivity index (χ1n) is 6.09. The summed E-state index contributed by atoms with van der Waals surface area (Å²) in [4.78, 5) is 13.5. The highest BCUT2D eigenvalue weighted by molar-refractivity contribution is 5.76. The lowest BCUT2D eigenvalue weighted by atomic mass is 10.00. The van der Waals surface area contributed by atoms with Crippen LogP contribution in [-0.2, 0) is 4.79 Å². The standard InChI is InChI=1S/C10H19NO.C2H6/c1-3-9-7-5-6-8-11(9)10(12)4-2;1-2/h9H,3-8H2,1-2H3;1-2H3. The first-order chi connectivity index (χ1) is 6.79. The molecule has 1 unspecified atom stereocenters. The molecule has 0 aromatic heterocycles. The Kier molecular flexibility index (Phi) is 7.54. The van der Waals surface area contributed by atoms with Gasteiger partial charge in [0, 0.05) is 19.0 Å². The lowest BCUT2D eigenvalue weighted by molar-refractivity contribution is -0.134. The van der Waals surface area contributed by atoms with Crippen LogP contribution < -0.4 is 0 Å². The molecule has 0 aromatic rings. The van der Waals surface area contributed by atoms with E-state index in [1.54, 1.807) is 0 Å². The minimum atomic E-state index is 0.335. The molecule has 1 aliphatic heterocycles. The van der Waals surface area contributed by atoms with E-state index in [0.29, 0.717) is 18.4 Å². The van der Waals surface area contributed by atoms with Crippen LogP contribution in [0.15, 0.2) is 0 Å². The van der Waals surface area contributed by atoms with Gasteiger partial charge in [-0.1, -0.05) is 27.7 Å². The molecule has 0 aliphatic carbocycles. The molecule has 0 bridgehead atoms. The Morgan fingerprint density at radius 2 is 1.93 bits per heavy atom. The molecule has 0 aromatic carbocycles. The van der Waals surface area contributed by atoms with Crippen LogP contribution in [-0.4, -0.2) is 23.4 Å². The molecule has 1 saturated heterocycles. The molecule has 1 fully saturated rings. The van der Waals surface area contributed by atoms with Crippen molar-refractivity contribution in [1.29, 1.82) is 0 Å². The van der Waals surface area contributed by atoms with E-state index < -0.39 is 0 Å². The van der Waals surface area contributed by atoms with Gasteiger partial charge < -0.3 is 4.90 Å². The van der Waals surface area contributed by atoms with Crippen molar-refractivity contribution in [2.24, 2.45) is 0 Å². The number of carbonyl (C=O) groups is 1. The first-order valence-corrected chi connectivity index (χ1v) is 6.09. The van der Waals surface area contributed by atoms with Crippen LogP contribution in [0, 0.1) is 0 Å². The fourth-order valence-electron chi connectivity index (χ4n) is 1.96. The minimum absolute atomic E-state index is 0.335. The summed E-state index contributed by atoms with van der Waals surface area (Å²) in [5.74, 6) is 0.335. The fourth-order valence-corrected chi connectivity index (χ4v) is 1.96. The lowest BCUT2D eigenvalue weighted by Crippen LogP contribution is -2.42. The van der Waals surface area contributed by atoms with Crippen LogP contribution in [0.1, 0.15) is 59.8 Å². The monoisotopic (exact) mass is 199 g/mol. The number of likely N-dealkylation sites (tertiary alicyclic amines) is 1. The number of piperidine rings is 1. The maximum Gasteiger partial charge on any atom is 0.222 e. The Labute approximate surface area is 88.7 Å². The average Bonchev–Trinajstić information content (AvgIpc) is 2.30. The molecule has 1 atom stereocenters. The first kappa shape index (κ1) is 13.5. The highest BCUT2D eigenvalue weighted by Gasteiger charge is 2.23. The maximum atomic E-state index is 11.5. The summed E-state index contributed by atoms with van der Waals surface area (Å²) in [5.41, 5.74) is 0. The summed E-state index contributed by atoms with van der Waals surface area (Å²) in [6.07, 6.45) is 5.48. The van der Waals surface area contributed by atoms with E-state index in [0.717, 1.165) is 13.0 Å². The number of rotatable bonds is 2. The molecule has 14 heavy (non-hydrogen) atoms. The van der Waals surface area contributed by atoms with Gasteiger partial charge in [-0.05, 0) is 25.7 Å². The van der Waals surface area contributed by atoms with Gasteiger partial charge >= 0.3 is 0 Å². The molecule has 1 amide bonds. The van der Waals surface area contributed by atoms with Crippen LogP contribution in [0.4, 0.5) is 0 Å². The van der Waals surface area contributed by atoms with E-state index in [1.165, 1.54) is 19.3 Å². The Bertz CT molecular complexity index is 156. The van der Waals surface area contributed by atoms with E-state index in [1.807, 2.05) is 20.8 Å². The number of carbonyl (C=O) groups excluding carboxylic acids is 1. The van der Waals surface area contributed by atoms with Crippen molar-refractivity contribution in [1.82, 2.24) is 4.90 Å². The van der Waals surface area contributed by atoms with E-state index >= 15 is 0 Å². The summed E-state index contributed by atoms with van der Waals surface area (Å²) in [6, 6.07) is 0.534. The second-order valence-electron chi connectivity index (χ2n) is 3.50. The molecule has 1 heterocycles. The molecule has 0 spiro atoms. The predicted molar refractivity (Wildman–Crippen MR) is 61.3 cm³/mol. The van der Waals surface area contributed by atoms with Crippen LogP contribution in [0.25, 0.3) is 0 Å². The van der Waals surface area contributed by atoms with Crippen molar-refractivity contribution in [3.8, 4) is 0 Å². The molecule has 0 radical (unpaired) electrons. The highest BCUT2D eigenvalue weighted by Crippen LogP contribution is 2.19. The van der Waals surface area contributed by atoms with Crippen LogP contribution in [0.2, 0.25) is 0 Å². The second kappa shape index (κ2) is 7.84. The Morgan fingerprint density at radius 1 is 1.29 bits per heavy atom. The summed E-state index contributed by atoms with van der Waals surface area (Å²) in [5, 5.41) is 0. The van der Waals surface area contributed by atoms with Crippen LogP contribution in [0.3, 0.4) is 0 Å². The van der Waals surface area contributed by atoms with Crippen molar-refractivity contribution in [2.45, 2.75) is 65.8 Å². The Hall–Kier alpha value is -0.530. The largest absolute Gasteiger partial charge is 0.340 e. The molecule has 0 saturated carbocycles. The lowest BCUT2D eigenvalue weighted by Gasteiger charge is -2.35. The number of hydrogen-bond donors (Lipinski definition) is 0. The predicted octanol–water partition coefficient (Wildman–Crippen LogP) is 3.21. The normalized spacial score (nSPS) is 21.1. The summed E-state index contributed by atoms with van der Waals surface area (Å²) >= 11 is 0. The van der Waals surface area contributed by atoms with E-state index in [4.69, 9.17) is 0 Å². The zero-order chi connectivity index (χ0) is 11.0. The van der Waals surface area contributed by atoms with E-state index in [-0.39, 0.29) is 0 Å². The molecule has 84 valence electrons.